The van der Waals surface area contributed by atoms with Crippen LogP contribution in [0.15, 0.2) is 48.5 Å². The standard InChI is InChI=1S/C34H47N3O5/c1-9-11-12-15-22-37(32(39)29(23-24(3)4)36-33(40)42-34(5,6)7)30(28-17-14-13-16-25(28)10-2)31(38)35-26-18-20-27(41-8)21-19-26/h2,13-14,16-21,24,29-30H,9,11-12,15,22-23H2,1,3-8H3,(H,35,38)(H,36,40). The van der Waals surface area contributed by atoms with E-state index in [4.69, 9.17) is 15.9 Å². The fourth-order valence-corrected chi connectivity index (χ4v) is 4.62. The minimum atomic E-state index is -1.04. The molecule has 8 heteroatoms. The van der Waals surface area contributed by atoms with Crippen molar-refractivity contribution < 1.29 is 23.9 Å². The lowest BCUT2D eigenvalue weighted by Gasteiger charge is -2.35. The predicted molar refractivity (Wildman–Crippen MR) is 167 cm³/mol. The average molecular weight is 578 g/mol. The molecule has 42 heavy (non-hydrogen) atoms. The summed E-state index contributed by atoms with van der Waals surface area (Å²) in [6.07, 6.45) is 9.14. The highest BCUT2D eigenvalue weighted by atomic mass is 16.6. The molecule has 0 spiro atoms. The number of alkyl carbamates (subject to hydrolysis) is 1. The first-order valence-electron chi connectivity index (χ1n) is 14.7. The second kappa shape index (κ2) is 16.5. The highest BCUT2D eigenvalue weighted by Gasteiger charge is 2.37. The van der Waals surface area contributed by atoms with Crippen molar-refractivity contribution in [3.63, 3.8) is 0 Å². The Morgan fingerprint density at radius 3 is 2.24 bits per heavy atom. The van der Waals surface area contributed by atoms with Gasteiger partial charge in [0.1, 0.15) is 23.4 Å². The molecule has 0 heterocycles. The number of carbonyl (C=O) groups excluding carboxylic acids is 3. The lowest BCUT2D eigenvalue weighted by atomic mass is 9.95. The van der Waals surface area contributed by atoms with E-state index >= 15 is 0 Å². The maximum absolute atomic E-state index is 14.4. The molecule has 0 saturated heterocycles. The number of hydrogen-bond acceptors (Lipinski definition) is 5. The molecule has 8 nitrogen and oxygen atoms in total. The van der Waals surface area contributed by atoms with Crippen molar-refractivity contribution in [3.05, 3.63) is 59.7 Å². The lowest BCUT2D eigenvalue weighted by Crippen LogP contribution is -2.53. The van der Waals surface area contributed by atoms with E-state index in [0.29, 0.717) is 42.0 Å². The Balaban J connectivity index is 2.59. The van der Waals surface area contributed by atoms with Crippen molar-refractivity contribution >= 4 is 23.6 Å². The maximum Gasteiger partial charge on any atom is 0.408 e. The Morgan fingerprint density at radius 2 is 1.67 bits per heavy atom. The molecule has 2 rings (SSSR count). The number of carbonyl (C=O) groups is 3. The molecule has 228 valence electrons. The quantitative estimate of drug-likeness (QED) is 0.192. The van der Waals surface area contributed by atoms with Crippen LogP contribution >= 0.6 is 0 Å². The summed E-state index contributed by atoms with van der Waals surface area (Å²) in [5.41, 5.74) is 0.865. The number of methoxy groups -OCH3 is 1. The molecule has 0 aliphatic heterocycles. The first kappa shape index (κ1) is 34.2. The van der Waals surface area contributed by atoms with Crippen molar-refractivity contribution in [2.45, 2.75) is 91.3 Å². The van der Waals surface area contributed by atoms with Crippen LogP contribution in [-0.2, 0) is 14.3 Å². The Bertz CT molecular complexity index is 1210. The molecule has 3 amide bonds. The van der Waals surface area contributed by atoms with Crippen LogP contribution in [0, 0.1) is 18.3 Å². The zero-order chi connectivity index (χ0) is 31.3. The third-order valence-electron chi connectivity index (χ3n) is 6.56. The number of ether oxygens (including phenoxy) is 2. The van der Waals surface area contributed by atoms with Crippen LogP contribution in [0.3, 0.4) is 0 Å². The highest BCUT2D eigenvalue weighted by Crippen LogP contribution is 2.29. The number of unbranched alkanes of at least 4 members (excludes halogenated alkanes) is 3. The van der Waals surface area contributed by atoms with Gasteiger partial charge in [-0.2, -0.15) is 0 Å². The highest BCUT2D eigenvalue weighted by molar-refractivity contribution is 5.99. The SMILES string of the molecule is C#Cc1ccccc1C(C(=O)Nc1ccc(OC)cc1)N(CCCCCC)C(=O)C(CC(C)C)NC(=O)OC(C)(C)C. The second-order valence-electron chi connectivity index (χ2n) is 11.8. The molecule has 0 fully saturated rings. The van der Waals surface area contributed by atoms with Crippen molar-refractivity contribution in [2.24, 2.45) is 5.92 Å². The van der Waals surface area contributed by atoms with Crippen LogP contribution in [0.25, 0.3) is 0 Å². The van der Waals surface area contributed by atoms with E-state index in [-0.39, 0.29) is 11.8 Å². The van der Waals surface area contributed by atoms with E-state index < -0.39 is 29.7 Å². The van der Waals surface area contributed by atoms with Gasteiger partial charge in [0.2, 0.25) is 5.91 Å². The number of anilines is 1. The van der Waals surface area contributed by atoms with Gasteiger partial charge in [0, 0.05) is 17.8 Å². The largest absolute Gasteiger partial charge is 0.497 e. The molecule has 2 N–H and O–H groups in total. The Kier molecular flexibility index (Phi) is 13.4. The van der Waals surface area contributed by atoms with Gasteiger partial charge in [-0.05, 0) is 75.4 Å². The van der Waals surface area contributed by atoms with E-state index in [1.165, 1.54) is 0 Å². The van der Waals surface area contributed by atoms with Gasteiger partial charge in [0.25, 0.3) is 5.91 Å². The van der Waals surface area contributed by atoms with Gasteiger partial charge >= 0.3 is 6.09 Å². The minimum absolute atomic E-state index is 0.0837. The number of nitrogens with zero attached hydrogens (tertiary/aromatic N) is 1. The topological polar surface area (TPSA) is 97.0 Å². The third-order valence-corrected chi connectivity index (χ3v) is 6.56. The van der Waals surface area contributed by atoms with Crippen LogP contribution in [0.4, 0.5) is 10.5 Å². The Hall–Kier alpha value is -3.99. The molecule has 2 unspecified atom stereocenters. The van der Waals surface area contributed by atoms with Crippen LogP contribution in [0.2, 0.25) is 0 Å². The summed E-state index contributed by atoms with van der Waals surface area (Å²) in [6, 6.07) is 12.2. The fraction of sp³-hybridized carbons (Fsp3) is 0.500. The Labute approximate surface area is 251 Å². The average Bonchev–Trinajstić information content (AvgIpc) is 2.93. The fourth-order valence-electron chi connectivity index (χ4n) is 4.62. The number of hydrogen-bond donors (Lipinski definition) is 2. The van der Waals surface area contributed by atoms with Gasteiger partial charge in [-0.3, -0.25) is 9.59 Å². The maximum atomic E-state index is 14.4. The molecule has 0 radical (unpaired) electrons. The smallest absolute Gasteiger partial charge is 0.408 e. The van der Waals surface area contributed by atoms with Gasteiger partial charge in [-0.15, -0.1) is 6.42 Å². The van der Waals surface area contributed by atoms with Crippen LogP contribution in [-0.4, -0.2) is 48.1 Å². The van der Waals surface area contributed by atoms with E-state index in [9.17, 15) is 14.4 Å². The summed E-state index contributed by atoms with van der Waals surface area (Å²) < 4.78 is 10.7. The molecule has 0 aliphatic carbocycles. The lowest BCUT2D eigenvalue weighted by molar-refractivity contribution is -0.141. The molecule has 0 aliphatic rings. The molecule has 2 aromatic rings. The van der Waals surface area contributed by atoms with E-state index in [1.54, 1.807) is 81.3 Å². The predicted octanol–water partition coefficient (Wildman–Crippen LogP) is 6.70. The van der Waals surface area contributed by atoms with Crippen molar-refractivity contribution in [1.29, 1.82) is 0 Å². The minimum Gasteiger partial charge on any atom is -0.497 e. The number of benzene rings is 2. The zero-order valence-corrected chi connectivity index (χ0v) is 26.2. The summed E-state index contributed by atoms with van der Waals surface area (Å²) in [7, 11) is 1.57. The van der Waals surface area contributed by atoms with Gasteiger partial charge in [-0.1, -0.05) is 64.2 Å². The van der Waals surface area contributed by atoms with Crippen molar-refractivity contribution in [1.82, 2.24) is 10.2 Å². The Morgan fingerprint density at radius 1 is 1.00 bits per heavy atom. The molecule has 2 aromatic carbocycles. The summed E-state index contributed by atoms with van der Waals surface area (Å²) in [4.78, 5) is 42.9. The van der Waals surface area contributed by atoms with E-state index in [0.717, 1.165) is 19.3 Å². The summed E-state index contributed by atoms with van der Waals surface area (Å²) in [6.45, 7) is 11.7. The van der Waals surface area contributed by atoms with Crippen LogP contribution in [0.5, 0.6) is 5.75 Å². The van der Waals surface area contributed by atoms with Gasteiger partial charge in [0.05, 0.1) is 7.11 Å². The number of nitrogens with one attached hydrogen (secondary N) is 2. The molecular weight excluding hydrogens is 530 g/mol. The number of amides is 3. The van der Waals surface area contributed by atoms with E-state index in [2.05, 4.69) is 23.5 Å². The first-order chi connectivity index (χ1) is 19.9. The molecular formula is C34H47N3O5. The van der Waals surface area contributed by atoms with Crippen LogP contribution in [0.1, 0.15) is 90.8 Å². The number of rotatable bonds is 14. The molecule has 0 saturated carbocycles. The third kappa shape index (κ3) is 10.8. The van der Waals surface area contributed by atoms with Crippen LogP contribution < -0.4 is 15.4 Å². The molecule has 2 atom stereocenters. The second-order valence-corrected chi connectivity index (χ2v) is 11.8. The van der Waals surface area contributed by atoms with Gasteiger partial charge < -0.3 is 25.0 Å². The molecule has 0 aromatic heterocycles. The van der Waals surface area contributed by atoms with Gasteiger partial charge in [0.15, 0.2) is 0 Å². The van der Waals surface area contributed by atoms with Gasteiger partial charge in [-0.25, -0.2) is 4.79 Å². The number of terminal acetylenes is 1. The first-order valence-corrected chi connectivity index (χ1v) is 14.7. The molecule has 0 bridgehead atoms. The monoisotopic (exact) mass is 577 g/mol. The summed E-state index contributed by atoms with van der Waals surface area (Å²) in [5, 5.41) is 5.75. The van der Waals surface area contributed by atoms with E-state index in [1.807, 2.05) is 13.8 Å². The summed E-state index contributed by atoms with van der Waals surface area (Å²) in [5.74, 6) is 2.63. The van der Waals surface area contributed by atoms with Crippen molar-refractivity contribution in [3.8, 4) is 18.1 Å². The normalized spacial score (nSPS) is 12.5. The zero-order valence-electron chi connectivity index (χ0n) is 26.2. The summed E-state index contributed by atoms with van der Waals surface area (Å²) >= 11 is 0. The van der Waals surface area contributed by atoms with Crippen molar-refractivity contribution in [2.75, 3.05) is 19.0 Å².